The van der Waals surface area contributed by atoms with E-state index >= 15 is 0 Å². The largest absolute Gasteiger partial charge is 0.370 e. The maximum atomic E-state index is 6.04. The average Bonchev–Trinajstić information content (AvgIpc) is 3.26. The van der Waals surface area contributed by atoms with Gasteiger partial charge in [-0.25, -0.2) is 14.7 Å². The van der Waals surface area contributed by atoms with Crippen molar-refractivity contribution in [2.24, 2.45) is 10.7 Å². The maximum Gasteiger partial charge on any atom is 0.191 e. The molecule has 1 aliphatic carbocycles. The first-order valence-corrected chi connectivity index (χ1v) is 7.62. The number of hydrogen-bond donors (Lipinski definition) is 1. The summed E-state index contributed by atoms with van der Waals surface area (Å²) >= 11 is 5.95. The van der Waals surface area contributed by atoms with Crippen LogP contribution in [-0.2, 0) is 6.54 Å². The van der Waals surface area contributed by atoms with E-state index in [-0.39, 0.29) is 24.0 Å². The molecule has 0 unspecified atom stereocenters. The van der Waals surface area contributed by atoms with Gasteiger partial charge in [-0.05, 0) is 25.8 Å². The fourth-order valence-electron chi connectivity index (χ4n) is 2.24. The van der Waals surface area contributed by atoms with Gasteiger partial charge in [0.2, 0.25) is 0 Å². The number of halogens is 2. The van der Waals surface area contributed by atoms with Crippen molar-refractivity contribution < 1.29 is 0 Å². The minimum atomic E-state index is 0. The van der Waals surface area contributed by atoms with Crippen molar-refractivity contribution in [3.8, 4) is 5.82 Å². The van der Waals surface area contributed by atoms with Gasteiger partial charge in [-0.1, -0.05) is 17.7 Å². The molecule has 2 heterocycles. The summed E-state index contributed by atoms with van der Waals surface area (Å²) in [5.41, 5.74) is 7.91. The molecule has 0 spiro atoms. The average molecular weight is 447 g/mol. The highest BCUT2D eigenvalue weighted by Crippen LogP contribution is 2.25. The predicted molar refractivity (Wildman–Crippen MR) is 103 cm³/mol. The van der Waals surface area contributed by atoms with Crippen LogP contribution in [0.15, 0.2) is 29.5 Å². The van der Waals surface area contributed by atoms with Gasteiger partial charge >= 0.3 is 0 Å². The summed E-state index contributed by atoms with van der Waals surface area (Å²) in [5.74, 6) is 1.30. The summed E-state index contributed by atoms with van der Waals surface area (Å²) < 4.78 is 1.67. The van der Waals surface area contributed by atoms with E-state index in [4.69, 9.17) is 17.3 Å². The number of aromatic nitrogens is 3. The zero-order valence-electron chi connectivity index (χ0n) is 13.1. The van der Waals surface area contributed by atoms with Gasteiger partial charge in [-0.15, -0.1) is 24.0 Å². The second kappa shape index (κ2) is 7.48. The van der Waals surface area contributed by atoms with Gasteiger partial charge in [0.1, 0.15) is 0 Å². The molecule has 1 aliphatic rings. The normalized spacial score (nSPS) is 14.5. The van der Waals surface area contributed by atoms with Crippen LogP contribution >= 0.6 is 35.6 Å². The molecule has 0 amide bonds. The number of pyridine rings is 1. The highest BCUT2D eigenvalue weighted by atomic mass is 127. The zero-order chi connectivity index (χ0) is 15.7. The van der Waals surface area contributed by atoms with Crippen molar-refractivity contribution in [2.45, 2.75) is 32.4 Å². The molecule has 0 aliphatic heterocycles. The molecule has 124 valence electrons. The van der Waals surface area contributed by atoms with Crippen LogP contribution < -0.4 is 5.73 Å². The van der Waals surface area contributed by atoms with Crippen LogP contribution in [0.5, 0.6) is 0 Å². The molecule has 3 rings (SSSR count). The molecule has 0 aromatic carbocycles. The third-order valence-corrected chi connectivity index (χ3v) is 3.93. The Bertz CT molecular complexity index is 710. The van der Waals surface area contributed by atoms with Gasteiger partial charge in [0.25, 0.3) is 0 Å². The van der Waals surface area contributed by atoms with E-state index in [1.165, 1.54) is 12.8 Å². The van der Waals surface area contributed by atoms with E-state index in [1.54, 1.807) is 17.1 Å². The fraction of sp³-hybridized carbons (Fsp3) is 0.400. The Kier molecular flexibility index (Phi) is 5.85. The molecule has 8 heteroatoms. The van der Waals surface area contributed by atoms with Crippen molar-refractivity contribution in [3.05, 3.63) is 40.8 Å². The predicted octanol–water partition coefficient (Wildman–Crippen LogP) is 2.76. The van der Waals surface area contributed by atoms with Gasteiger partial charge in [-0.2, -0.15) is 5.10 Å². The lowest BCUT2D eigenvalue weighted by Crippen LogP contribution is -2.35. The van der Waals surface area contributed by atoms with Gasteiger partial charge in [0.05, 0.1) is 24.0 Å². The standard InChI is InChI=1S/C15H19ClN6.HI/c1-10-3-4-11(7-18-15(17)21(2)13-5-6-13)14(20-10)22-9-12(16)8-19-22;/h3-4,8-9,13H,5-7H2,1-2H3,(H2,17,18);1H. The molecule has 0 atom stereocenters. The van der Waals surface area contributed by atoms with E-state index in [0.717, 1.165) is 17.1 Å². The summed E-state index contributed by atoms with van der Waals surface area (Å²) in [6, 6.07) is 4.51. The summed E-state index contributed by atoms with van der Waals surface area (Å²) in [4.78, 5) is 11.1. The molecule has 2 aromatic rings. The Morgan fingerprint density at radius 1 is 1.48 bits per heavy atom. The second-order valence-electron chi connectivity index (χ2n) is 5.55. The molecule has 0 saturated heterocycles. The molecule has 0 bridgehead atoms. The van der Waals surface area contributed by atoms with E-state index in [0.29, 0.717) is 23.6 Å². The van der Waals surface area contributed by atoms with Crippen molar-refractivity contribution in [1.29, 1.82) is 0 Å². The molecule has 1 fully saturated rings. The highest BCUT2D eigenvalue weighted by Gasteiger charge is 2.27. The molecule has 6 nitrogen and oxygen atoms in total. The minimum absolute atomic E-state index is 0. The highest BCUT2D eigenvalue weighted by molar-refractivity contribution is 14.0. The second-order valence-corrected chi connectivity index (χ2v) is 5.99. The van der Waals surface area contributed by atoms with Crippen molar-refractivity contribution in [3.63, 3.8) is 0 Å². The van der Waals surface area contributed by atoms with Gasteiger partial charge in [0, 0.05) is 24.3 Å². The third-order valence-electron chi connectivity index (χ3n) is 3.73. The Morgan fingerprint density at radius 2 is 2.22 bits per heavy atom. The quantitative estimate of drug-likeness (QED) is 0.445. The lowest BCUT2D eigenvalue weighted by atomic mass is 10.2. The van der Waals surface area contributed by atoms with E-state index in [1.807, 2.05) is 31.0 Å². The smallest absolute Gasteiger partial charge is 0.191 e. The van der Waals surface area contributed by atoms with Crippen LogP contribution in [0.3, 0.4) is 0 Å². The van der Waals surface area contributed by atoms with Gasteiger partial charge < -0.3 is 10.6 Å². The van der Waals surface area contributed by atoms with Crippen LogP contribution in [0.1, 0.15) is 24.1 Å². The van der Waals surface area contributed by atoms with Gasteiger partial charge in [0.15, 0.2) is 11.8 Å². The zero-order valence-corrected chi connectivity index (χ0v) is 16.2. The number of guanidine groups is 1. The SMILES string of the molecule is Cc1ccc(CN=C(N)N(C)C2CC2)c(-n2cc(Cl)cn2)n1.I. The van der Waals surface area contributed by atoms with Crippen LogP contribution in [0, 0.1) is 6.92 Å². The molecule has 2 N–H and O–H groups in total. The number of aryl methyl sites for hydroxylation is 1. The first-order valence-electron chi connectivity index (χ1n) is 7.24. The topological polar surface area (TPSA) is 72.3 Å². The Morgan fingerprint density at radius 3 is 2.83 bits per heavy atom. The van der Waals surface area contributed by atoms with E-state index < -0.39 is 0 Å². The number of aliphatic imine (C=N–C) groups is 1. The fourth-order valence-corrected chi connectivity index (χ4v) is 2.37. The number of rotatable bonds is 4. The van der Waals surface area contributed by atoms with Crippen molar-refractivity contribution in [1.82, 2.24) is 19.7 Å². The lowest BCUT2D eigenvalue weighted by molar-refractivity contribution is 0.487. The molecular weight excluding hydrogens is 427 g/mol. The molecule has 23 heavy (non-hydrogen) atoms. The number of nitrogens with zero attached hydrogens (tertiary/aromatic N) is 5. The van der Waals surface area contributed by atoms with Crippen molar-refractivity contribution in [2.75, 3.05) is 7.05 Å². The third kappa shape index (κ3) is 4.35. The summed E-state index contributed by atoms with van der Waals surface area (Å²) in [6.45, 7) is 2.40. The molecule has 2 aromatic heterocycles. The first-order chi connectivity index (χ1) is 10.5. The van der Waals surface area contributed by atoms with Crippen LogP contribution in [0.2, 0.25) is 5.02 Å². The maximum absolute atomic E-state index is 6.04. The van der Waals surface area contributed by atoms with Crippen LogP contribution in [0.25, 0.3) is 5.82 Å². The van der Waals surface area contributed by atoms with Crippen LogP contribution in [-0.4, -0.2) is 38.7 Å². The Labute approximate surface area is 157 Å². The first kappa shape index (κ1) is 18.0. The van der Waals surface area contributed by atoms with Gasteiger partial charge in [-0.3, -0.25) is 0 Å². The number of hydrogen-bond acceptors (Lipinski definition) is 3. The molecule has 1 saturated carbocycles. The Hall–Kier alpha value is -1.35. The summed E-state index contributed by atoms with van der Waals surface area (Å²) in [5, 5.41) is 4.80. The summed E-state index contributed by atoms with van der Waals surface area (Å²) in [6.07, 6.45) is 5.70. The minimum Gasteiger partial charge on any atom is -0.370 e. The Balaban J connectivity index is 0.00000192. The molecule has 0 radical (unpaired) electrons. The molecular formula is C15H20ClIN6. The lowest BCUT2D eigenvalue weighted by Gasteiger charge is -2.17. The monoisotopic (exact) mass is 446 g/mol. The van der Waals surface area contributed by atoms with E-state index in [9.17, 15) is 0 Å². The summed E-state index contributed by atoms with van der Waals surface area (Å²) in [7, 11) is 1.98. The van der Waals surface area contributed by atoms with Crippen LogP contribution in [0.4, 0.5) is 0 Å². The van der Waals surface area contributed by atoms with E-state index in [2.05, 4.69) is 15.1 Å². The van der Waals surface area contributed by atoms with Crippen molar-refractivity contribution >= 4 is 41.5 Å². The number of nitrogens with two attached hydrogens (primary N) is 1.